The Bertz CT molecular complexity index is 981. The summed E-state index contributed by atoms with van der Waals surface area (Å²) in [5.41, 5.74) is 4.02. The van der Waals surface area contributed by atoms with Crippen molar-refractivity contribution in [2.24, 2.45) is 0 Å². The lowest BCUT2D eigenvalue weighted by molar-refractivity contribution is 0.0555. The van der Waals surface area contributed by atoms with Crippen molar-refractivity contribution in [1.29, 1.82) is 0 Å². The number of carbonyl (C=O) groups excluding carboxylic acids is 2. The maximum absolute atomic E-state index is 12.5. The highest BCUT2D eigenvalue weighted by atomic mass is 16.5. The third-order valence-electron chi connectivity index (χ3n) is 5.19. The summed E-state index contributed by atoms with van der Waals surface area (Å²) < 4.78 is 9.87. The van der Waals surface area contributed by atoms with Crippen molar-refractivity contribution in [1.82, 2.24) is 0 Å². The maximum Gasteiger partial charge on any atom is 0.338 e. The number of hydrogen-bond acceptors (Lipinski definition) is 6. The lowest BCUT2D eigenvalue weighted by Crippen LogP contribution is -2.36. The molecule has 0 amide bonds. The van der Waals surface area contributed by atoms with E-state index in [1.54, 1.807) is 12.1 Å². The summed E-state index contributed by atoms with van der Waals surface area (Å²) in [5.74, 6) is -1.16. The standard InChI is InChI=1S/C24H22N2O4/c1-29-23(27)19-15-21-22(16-20(19)24(28)30-2)26(18-11-7-4-8-12-18)14-13-25(21)17-9-5-3-6-10-17/h3-12,15-16H,13-14H2,1-2H3. The molecule has 30 heavy (non-hydrogen) atoms. The zero-order chi connectivity index (χ0) is 21.1. The minimum atomic E-state index is -0.581. The van der Waals surface area contributed by atoms with Gasteiger partial charge in [0.2, 0.25) is 0 Å². The summed E-state index contributed by atoms with van der Waals surface area (Å²) in [6.45, 7) is 1.42. The van der Waals surface area contributed by atoms with E-state index >= 15 is 0 Å². The molecule has 0 saturated heterocycles. The Balaban J connectivity index is 1.94. The molecule has 1 aliphatic heterocycles. The Morgan fingerprint density at radius 2 is 1.03 bits per heavy atom. The number of hydrogen-bond donors (Lipinski definition) is 0. The zero-order valence-electron chi connectivity index (χ0n) is 16.9. The fraction of sp³-hybridized carbons (Fsp3) is 0.167. The fourth-order valence-electron chi connectivity index (χ4n) is 3.76. The molecular formula is C24H22N2O4. The molecule has 0 saturated carbocycles. The largest absolute Gasteiger partial charge is 0.465 e. The molecule has 0 atom stereocenters. The van der Waals surface area contributed by atoms with Crippen LogP contribution in [0, 0.1) is 0 Å². The molecular weight excluding hydrogens is 380 g/mol. The molecule has 0 fully saturated rings. The normalized spacial score (nSPS) is 12.9. The predicted octanol–water partition coefficient (Wildman–Crippen LogP) is 4.55. The summed E-state index contributed by atoms with van der Waals surface area (Å²) >= 11 is 0. The lowest BCUT2D eigenvalue weighted by atomic mass is 10.0. The molecule has 152 valence electrons. The number of esters is 2. The first-order valence-corrected chi connectivity index (χ1v) is 9.64. The Kier molecular flexibility index (Phi) is 5.39. The molecule has 3 aromatic carbocycles. The van der Waals surface area contributed by atoms with Crippen molar-refractivity contribution in [3.8, 4) is 0 Å². The van der Waals surface area contributed by atoms with E-state index in [2.05, 4.69) is 9.80 Å². The van der Waals surface area contributed by atoms with Crippen molar-refractivity contribution in [2.75, 3.05) is 37.1 Å². The monoisotopic (exact) mass is 402 g/mol. The molecule has 0 radical (unpaired) electrons. The van der Waals surface area contributed by atoms with Gasteiger partial charge < -0.3 is 19.3 Å². The van der Waals surface area contributed by atoms with Crippen LogP contribution in [0.15, 0.2) is 72.8 Å². The summed E-state index contributed by atoms with van der Waals surface area (Å²) in [4.78, 5) is 29.2. The van der Waals surface area contributed by atoms with Crippen LogP contribution in [0.4, 0.5) is 22.7 Å². The van der Waals surface area contributed by atoms with Crippen LogP contribution >= 0.6 is 0 Å². The van der Waals surface area contributed by atoms with Gasteiger partial charge in [-0.15, -0.1) is 0 Å². The second kappa shape index (κ2) is 8.29. The molecule has 0 aromatic heterocycles. The quantitative estimate of drug-likeness (QED) is 0.597. The average Bonchev–Trinajstić information content (AvgIpc) is 2.82. The van der Waals surface area contributed by atoms with E-state index in [1.807, 2.05) is 60.7 Å². The molecule has 6 nitrogen and oxygen atoms in total. The summed E-state index contributed by atoms with van der Waals surface area (Å²) in [6, 6.07) is 23.3. The number of anilines is 4. The first kappa shape index (κ1) is 19.5. The molecule has 1 aliphatic rings. The highest BCUT2D eigenvalue weighted by Crippen LogP contribution is 2.43. The van der Waals surface area contributed by atoms with Crippen molar-refractivity contribution in [3.63, 3.8) is 0 Å². The third-order valence-corrected chi connectivity index (χ3v) is 5.19. The molecule has 4 rings (SSSR count). The lowest BCUT2D eigenvalue weighted by Gasteiger charge is -2.39. The zero-order valence-corrected chi connectivity index (χ0v) is 16.9. The van der Waals surface area contributed by atoms with Crippen molar-refractivity contribution in [3.05, 3.63) is 83.9 Å². The number of methoxy groups -OCH3 is 2. The van der Waals surface area contributed by atoms with Gasteiger partial charge >= 0.3 is 11.9 Å². The Hall–Kier alpha value is -3.80. The number of para-hydroxylation sites is 2. The first-order valence-electron chi connectivity index (χ1n) is 9.64. The minimum Gasteiger partial charge on any atom is -0.465 e. The fourth-order valence-corrected chi connectivity index (χ4v) is 3.76. The molecule has 0 aliphatic carbocycles. The van der Waals surface area contributed by atoms with Gasteiger partial charge in [-0.1, -0.05) is 36.4 Å². The average molecular weight is 402 g/mol. The Labute approximate surface area is 175 Å². The number of fused-ring (bicyclic) bond motifs is 1. The Morgan fingerprint density at radius 1 is 0.667 bits per heavy atom. The molecule has 0 spiro atoms. The van der Waals surface area contributed by atoms with E-state index in [9.17, 15) is 9.59 Å². The van der Waals surface area contributed by atoms with Crippen LogP contribution < -0.4 is 9.80 Å². The highest BCUT2D eigenvalue weighted by molar-refractivity contribution is 6.06. The molecule has 1 heterocycles. The van der Waals surface area contributed by atoms with Gasteiger partial charge in [0, 0.05) is 24.5 Å². The van der Waals surface area contributed by atoms with Gasteiger partial charge in [-0.25, -0.2) is 9.59 Å². The predicted molar refractivity (Wildman–Crippen MR) is 116 cm³/mol. The smallest absolute Gasteiger partial charge is 0.338 e. The van der Waals surface area contributed by atoms with E-state index in [1.165, 1.54) is 14.2 Å². The first-order chi connectivity index (χ1) is 14.6. The van der Waals surface area contributed by atoms with Crippen LogP contribution in [0.3, 0.4) is 0 Å². The third kappa shape index (κ3) is 3.48. The molecule has 3 aromatic rings. The number of benzene rings is 3. The highest BCUT2D eigenvalue weighted by Gasteiger charge is 2.30. The van der Waals surface area contributed by atoms with Crippen molar-refractivity contribution < 1.29 is 19.1 Å². The summed E-state index contributed by atoms with van der Waals surface area (Å²) in [6.07, 6.45) is 0. The van der Waals surface area contributed by atoms with Crippen LogP contribution in [-0.2, 0) is 9.47 Å². The molecule has 0 bridgehead atoms. The Morgan fingerprint density at radius 3 is 1.37 bits per heavy atom. The summed E-state index contributed by atoms with van der Waals surface area (Å²) in [7, 11) is 2.60. The van der Waals surface area contributed by atoms with Crippen LogP contribution in [-0.4, -0.2) is 39.2 Å². The van der Waals surface area contributed by atoms with Gasteiger partial charge in [-0.3, -0.25) is 0 Å². The van der Waals surface area contributed by atoms with Crippen LogP contribution in [0.1, 0.15) is 20.7 Å². The number of carbonyl (C=O) groups is 2. The van der Waals surface area contributed by atoms with E-state index in [-0.39, 0.29) is 11.1 Å². The van der Waals surface area contributed by atoms with E-state index in [0.717, 1.165) is 22.7 Å². The van der Waals surface area contributed by atoms with Crippen molar-refractivity contribution >= 4 is 34.7 Å². The molecule has 6 heteroatoms. The second-order valence-corrected chi connectivity index (χ2v) is 6.84. The molecule has 0 unspecified atom stereocenters. The minimum absolute atomic E-state index is 0.180. The van der Waals surface area contributed by atoms with Gasteiger partial charge in [0.15, 0.2) is 0 Å². The molecule has 0 N–H and O–H groups in total. The van der Waals surface area contributed by atoms with E-state index in [0.29, 0.717) is 13.1 Å². The topological polar surface area (TPSA) is 59.1 Å². The van der Waals surface area contributed by atoms with Crippen molar-refractivity contribution in [2.45, 2.75) is 0 Å². The van der Waals surface area contributed by atoms with Gasteiger partial charge in [0.25, 0.3) is 0 Å². The van der Waals surface area contributed by atoms with Crippen LogP contribution in [0.25, 0.3) is 0 Å². The van der Waals surface area contributed by atoms with Gasteiger partial charge in [-0.2, -0.15) is 0 Å². The SMILES string of the molecule is COC(=O)c1cc2c(cc1C(=O)OC)N(c1ccccc1)CCN2c1ccccc1. The van der Waals surface area contributed by atoms with E-state index < -0.39 is 11.9 Å². The second-order valence-electron chi connectivity index (χ2n) is 6.84. The van der Waals surface area contributed by atoms with E-state index in [4.69, 9.17) is 9.47 Å². The van der Waals surface area contributed by atoms with Crippen LogP contribution in [0.5, 0.6) is 0 Å². The number of nitrogens with zero attached hydrogens (tertiary/aromatic N) is 2. The summed E-state index contributed by atoms with van der Waals surface area (Å²) in [5, 5.41) is 0. The van der Waals surface area contributed by atoms with Gasteiger partial charge in [0.1, 0.15) is 0 Å². The number of ether oxygens (including phenoxy) is 2. The van der Waals surface area contributed by atoms with Crippen LogP contribution in [0.2, 0.25) is 0 Å². The van der Waals surface area contributed by atoms with Gasteiger partial charge in [-0.05, 0) is 36.4 Å². The number of rotatable bonds is 4. The maximum atomic E-state index is 12.5. The van der Waals surface area contributed by atoms with Gasteiger partial charge in [0.05, 0.1) is 36.7 Å².